The van der Waals surface area contributed by atoms with Crippen LogP contribution in [0.3, 0.4) is 0 Å². The summed E-state index contributed by atoms with van der Waals surface area (Å²) in [7, 11) is 1.56. The molecule has 0 aliphatic rings. The van der Waals surface area contributed by atoms with Crippen molar-refractivity contribution >= 4 is 17.5 Å². The number of ether oxygens (including phenoxy) is 1. The number of methoxy groups -OCH3 is 1. The molecule has 0 aliphatic carbocycles. The van der Waals surface area contributed by atoms with E-state index in [0.29, 0.717) is 23.1 Å². The first-order valence-electron chi connectivity index (χ1n) is 6.37. The molecule has 1 atom stereocenters. The van der Waals surface area contributed by atoms with Gasteiger partial charge < -0.3 is 14.5 Å². The van der Waals surface area contributed by atoms with Crippen molar-refractivity contribution in [3.05, 3.63) is 56.8 Å². The van der Waals surface area contributed by atoms with Crippen LogP contribution in [0.2, 0.25) is 5.02 Å². The van der Waals surface area contributed by atoms with Gasteiger partial charge in [0.05, 0.1) is 19.2 Å². The van der Waals surface area contributed by atoms with Crippen LogP contribution in [0.5, 0.6) is 5.75 Å². The van der Waals surface area contributed by atoms with Crippen LogP contribution in [0.4, 0.5) is 5.88 Å². The van der Waals surface area contributed by atoms with E-state index in [-0.39, 0.29) is 11.9 Å². The average Bonchev–Trinajstić information content (AvgIpc) is 2.94. The third-order valence-corrected chi connectivity index (χ3v) is 3.22. The molecule has 0 fully saturated rings. The highest BCUT2D eigenvalue weighted by Crippen LogP contribution is 2.34. The second kappa shape index (κ2) is 6.60. The number of hydrogen-bond acceptors (Lipinski definition) is 5. The summed E-state index contributed by atoms with van der Waals surface area (Å²) >= 11 is 6.04. The van der Waals surface area contributed by atoms with Crippen LogP contribution in [-0.2, 0) is 0 Å². The summed E-state index contributed by atoms with van der Waals surface area (Å²) in [4.78, 5) is 10.2. The van der Waals surface area contributed by atoms with Crippen molar-refractivity contribution in [2.45, 2.75) is 13.0 Å². The van der Waals surface area contributed by atoms with Crippen LogP contribution >= 0.6 is 11.6 Å². The van der Waals surface area contributed by atoms with Gasteiger partial charge in [-0.05, 0) is 30.8 Å². The summed E-state index contributed by atoms with van der Waals surface area (Å²) < 4.78 is 10.6. The Hall–Kier alpha value is -2.05. The highest BCUT2D eigenvalue weighted by atomic mass is 35.5. The van der Waals surface area contributed by atoms with Crippen LogP contribution in [0, 0.1) is 10.1 Å². The largest absolute Gasteiger partial charge is 0.496 e. The molecule has 0 bridgehead atoms. The number of nitrogens with one attached hydrogen (secondary N) is 1. The smallest absolute Gasteiger partial charge is 0.433 e. The molecule has 0 saturated carbocycles. The predicted molar refractivity (Wildman–Crippen MR) is 78.9 cm³/mol. The zero-order valence-electron chi connectivity index (χ0n) is 11.6. The number of rotatable bonds is 6. The number of benzene rings is 1. The molecule has 0 spiro atoms. The van der Waals surface area contributed by atoms with Gasteiger partial charge in [0.2, 0.25) is 0 Å². The molecule has 0 radical (unpaired) electrons. The fraction of sp³-hybridized carbons (Fsp3) is 0.286. The van der Waals surface area contributed by atoms with Gasteiger partial charge in [0, 0.05) is 10.6 Å². The molecule has 2 rings (SSSR count). The average molecular weight is 311 g/mol. The first-order chi connectivity index (χ1) is 10.1. The SMILES string of the molecule is CCNC(c1ccc([N+](=O)[O-])o1)c1cc(Cl)ccc1OC. The summed E-state index contributed by atoms with van der Waals surface area (Å²) in [5.41, 5.74) is 0.760. The van der Waals surface area contributed by atoms with E-state index in [1.165, 1.54) is 6.07 Å². The van der Waals surface area contributed by atoms with Crippen molar-refractivity contribution in [2.75, 3.05) is 13.7 Å². The van der Waals surface area contributed by atoms with Crippen molar-refractivity contribution in [3.63, 3.8) is 0 Å². The van der Waals surface area contributed by atoms with Crippen molar-refractivity contribution in [1.29, 1.82) is 0 Å². The monoisotopic (exact) mass is 310 g/mol. The van der Waals surface area contributed by atoms with Crippen LogP contribution in [0.25, 0.3) is 0 Å². The van der Waals surface area contributed by atoms with E-state index >= 15 is 0 Å². The molecule has 0 aliphatic heterocycles. The van der Waals surface area contributed by atoms with Crippen molar-refractivity contribution in [1.82, 2.24) is 5.32 Å². The van der Waals surface area contributed by atoms with Gasteiger partial charge in [0.1, 0.15) is 16.4 Å². The minimum Gasteiger partial charge on any atom is -0.496 e. The molecular formula is C14H15ClN2O4. The number of nitro groups is 1. The summed E-state index contributed by atoms with van der Waals surface area (Å²) in [6.45, 7) is 2.58. The number of hydrogen-bond donors (Lipinski definition) is 1. The summed E-state index contributed by atoms with van der Waals surface area (Å²) in [6, 6.07) is 7.75. The van der Waals surface area contributed by atoms with Gasteiger partial charge in [-0.25, -0.2) is 0 Å². The zero-order valence-corrected chi connectivity index (χ0v) is 12.4. The normalized spacial score (nSPS) is 12.1. The van der Waals surface area contributed by atoms with E-state index in [1.807, 2.05) is 6.92 Å². The van der Waals surface area contributed by atoms with E-state index in [4.69, 9.17) is 20.8 Å². The Labute approximate surface area is 126 Å². The minimum atomic E-state index is -0.568. The molecule has 1 aromatic heterocycles. The van der Waals surface area contributed by atoms with Gasteiger partial charge in [0.15, 0.2) is 0 Å². The molecule has 1 N–H and O–H groups in total. The molecular weight excluding hydrogens is 296 g/mol. The molecule has 6 nitrogen and oxygen atoms in total. The lowest BCUT2D eigenvalue weighted by Gasteiger charge is -2.18. The molecule has 0 saturated heterocycles. The van der Waals surface area contributed by atoms with E-state index in [2.05, 4.69) is 5.32 Å². The number of halogens is 1. The second-order valence-electron chi connectivity index (χ2n) is 4.31. The molecule has 21 heavy (non-hydrogen) atoms. The van der Waals surface area contributed by atoms with E-state index in [1.54, 1.807) is 31.4 Å². The minimum absolute atomic E-state index is 0.297. The van der Waals surface area contributed by atoms with E-state index < -0.39 is 4.92 Å². The first kappa shape index (κ1) is 15.3. The molecule has 0 amide bonds. The standard InChI is InChI=1S/C14H15ClN2O4/c1-3-16-14(12-6-7-13(21-12)17(18)19)10-8-9(15)4-5-11(10)20-2/h4-8,14,16H,3H2,1-2H3. The molecule has 2 aromatic rings. The fourth-order valence-corrected chi connectivity index (χ4v) is 2.27. The molecule has 1 aromatic carbocycles. The topological polar surface area (TPSA) is 77.5 Å². The predicted octanol–water partition coefficient (Wildman–Crippen LogP) is 3.55. The third-order valence-electron chi connectivity index (χ3n) is 2.99. The lowest BCUT2D eigenvalue weighted by atomic mass is 10.0. The molecule has 1 unspecified atom stereocenters. The number of furan rings is 1. The quantitative estimate of drug-likeness (QED) is 0.652. The first-order valence-corrected chi connectivity index (χ1v) is 6.75. The van der Waals surface area contributed by atoms with Crippen LogP contribution in [0.1, 0.15) is 24.3 Å². The molecule has 1 heterocycles. The van der Waals surface area contributed by atoms with Crippen molar-refractivity contribution < 1.29 is 14.1 Å². The van der Waals surface area contributed by atoms with Gasteiger partial charge in [0.25, 0.3) is 0 Å². The highest BCUT2D eigenvalue weighted by Gasteiger charge is 2.23. The van der Waals surface area contributed by atoms with E-state index in [9.17, 15) is 10.1 Å². The van der Waals surface area contributed by atoms with Gasteiger partial charge in [-0.2, -0.15) is 0 Å². The molecule has 7 heteroatoms. The fourth-order valence-electron chi connectivity index (χ4n) is 2.09. The Morgan fingerprint density at radius 3 is 2.76 bits per heavy atom. The van der Waals surface area contributed by atoms with Gasteiger partial charge in [-0.15, -0.1) is 0 Å². The lowest BCUT2D eigenvalue weighted by molar-refractivity contribution is -0.402. The Balaban J connectivity index is 2.47. The Morgan fingerprint density at radius 1 is 1.43 bits per heavy atom. The van der Waals surface area contributed by atoms with E-state index in [0.717, 1.165) is 5.56 Å². The Morgan fingerprint density at radius 2 is 2.19 bits per heavy atom. The Kier molecular flexibility index (Phi) is 4.82. The maximum atomic E-state index is 10.8. The van der Waals surface area contributed by atoms with Crippen molar-refractivity contribution in [2.24, 2.45) is 0 Å². The van der Waals surface area contributed by atoms with Gasteiger partial charge in [-0.3, -0.25) is 10.1 Å². The third kappa shape index (κ3) is 3.34. The maximum Gasteiger partial charge on any atom is 0.433 e. The number of nitrogens with zero attached hydrogens (tertiary/aromatic N) is 1. The van der Waals surface area contributed by atoms with Gasteiger partial charge >= 0.3 is 5.88 Å². The summed E-state index contributed by atoms with van der Waals surface area (Å²) in [6.07, 6.45) is 0. The van der Waals surface area contributed by atoms with Gasteiger partial charge in [-0.1, -0.05) is 18.5 Å². The Bertz CT molecular complexity index is 642. The second-order valence-corrected chi connectivity index (χ2v) is 4.75. The summed E-state index contributed by atoms with van der Waals surface area (Å²) in [5, 5.41) is 14.5. The van der Waals surface area contributed by atoms with Crippen molar-refractivity contribution in [3.8, 4) is 5.75 Å². The van der Waals surface area contributed by atoms with Crippen LogP contribution < -0.4 is 10.1 Å². The zero-order chi connectivity index (χ0) is 15.4. The lowest BCUT2D eigenvalue weighted by Crippen LogP contribution is -2.22. The highest BCUT2D eigenvalue weighted by molar-refractivity contribution is 6.30. The van der Waals surface area contributed by atoms with Crippen LogP contribution in [0.15, 0.2) is 34.7 Å². The molecule has 112 valence electrons. The maximum absolute atomic E-state index is 10.8. The summed E-state index contributed by atoms with van der Waals surface area (Å²) in [5.74, 6) is 0.766. The van der Waals surface area contributed by atoms with Crippen LogP contribution in [-0.4, -0.2) is 18.6 Å².